The molecule has 1 atom stereocenters. The average Bonchev–Trinajstić information content (AvgIpc) is 2.75. The maximum Gasteiger partial charge on any atom is 0.418 e. The Bertz CT molecular complexity index is 814. The number of carbonyl (C=O) groups is 5. The van der Waals surface area contributed by atoms with Crippen molar-refractivity contribution in [1.29, 1.82) is 0 Å². The predicted molar refractivity (Wildman–Crippen MR) is 112 cm³/mol. The van der Waals surface area contributed by atoms with E-state index in [-0.39, 0.29) is 26.4 Å². The van der Waals surface area contributed by atoms with Gasteiger partial charge in [-0.05, 0) is 38.5 Å². The van der Waals surface area contributed by atoms with Gasteiger partial charge in [0, 0.05) is 11.0 Å². The van der Waals surface area contributed by atoms with Gasteiger partial charge in [0.1, 0.15) is 0 Å². The van der Waals surface area contributed by atoms with Crippen LogP contribution >= 0.6 is 15.9 Å². The Labute approximate surface area is 193 Å². The third-order valence-electron chi connectivity index (χ3n) is 3.63. The Morgan fingerprint density at radius 2 is 1.44 bits per heavy atom. The van der Waals surface area contributed by atoms with Gasteiger partial charge in [-0.25, -0.2) is 24.2 Å². The summed E-state index contributed by atoms with van der Waals surface area (Å²) in [6, 6.07) is 6.98. The quantitative estimate of drug-likeness (QED) is 0.206. The number of nitrogens with zero attached hydrogens (tertiary/aromatic N) is 1. The Morgan fingerprint density at radius 1 is 0.875 bits per heavy atom. The zero-order valence-electron chi connectivity index (χ0n) is 17.9. The van der Waals surface area contributed by atoms with E-state index in [1.165, 1.54) is 18.9 Å². The first-order valence-electron chi connectivity index (χ1n) is 9.73. The van der Waals surface area contributed by atoms with Crippen molar-refractivity contribution in [2.75, 3.05) is 26.4 Å². The number of rotatable bonds is 10. The van der Waals surface area contributed by atoms with Crippen molar-refractivity contribution in [3.63, 3.8) is 0 Å². The zero-order valence-corrected chi connectivity index (χ0v) is 19.5. The second-order valence-electron chi connectivity index (χ2n) is 6.03. The molecule has 1 amide bonds. The van der Waals surface area contributed by atoms with Crippen LogP contribution in [-0.4, -0.2) is 67.3 Å². The molecule has 1 unspecified atom stereocenters. The van der Waals surface area contributed by atoms with Gasteiger partial charge in [0.05, 0.1) is 26.4 Å². The highest BCUT2D eigenvalue weighted by molar-refractivity contribution is 9.10. The van der Waals surface area contributed by atoms with Gasteiger partial charge >= 0.3 is 29.8 Å². The van der Waals surface area contributed by atoms with E-state index in [0.717, 1.165) is 4.47 Å². The van der Waals surface area contributed by atoms with Gasteiger partial charge in [-0.2, -0.15) is 0 Å². The number of esters is 4. The largest absolute Gasteiger partial charge is 0.463 e. The summed E-state index contributed by atoms with van der Waals surface area (Å²) < 4.78 is 19.9. The van der Waals surface area contributed by atoms with E-state index in [0.29, 0.717) is 5.56 Å². The number of nitrogens with one attached hydrogen (secondary N) is 1. The fourth-order valence-electron chi connectivity index (χ4n) is 2.31. The minimum atomic E-state index is -1.59. The summed E-state index contributed by atoms with van der Waals surface area (Å²) in [5.41, 5.74) is 3.00. The number of hydrogen-bond donors (Lipinski definition) is 1. The van der Waals surface area contributed by atoms with E-state index < -0.39 is 42.4 Å². The molecule has 176 valence electrons. The molecule has 1 N–H and O–H groups in total. The van der Waals surface area contributed by atoms with Crippen LogP contribution in [0.2, 0.25) is 0 Å². The number of hydrazine groups is 1. The molecule has 11 nitrogen and oxygen atoms in total. The maximum absolute atomic E-state index is 12.3. The second kappa shape index (κ2) is 14.1. The summed E-state index contributed by atoms with van der Waals surface area (Å²) in [5, 5.41) is 1.17. The van der Waals surface area contributed by atoms with Gasteiger partial charge in [-0.3, -0.25) is 10.2 Å². The predicted octanol–water partition coefficient (Wildman–Crippen LogP) is 0.883. The van der Waals surface area contributed by atoms with Crippen LogP contribution in [0.15, 0.2) is 28.7 Å². The van der Waals surface area contributed by atoms with Crippen LogP contribution in [0.1, 0.15) is 26.3 Å². The van der Waals surface area contributed by atoms with E-state index in [1.807, 2.05) is 0 Å². The number of halogens is 1. The van der Waals surface area contributed by atoms with Crippen LogP contribution in [0.25, 0.3) is 0 Å². The first kappa shape index (κ1) is 27.0. The number of carbonyl (C=O) groups excluding carboxylic acids is 5. The standard InChI is InChI=1S/C20H25BrN2O9/c1-4-29-17(25)15(32-20(28)19(27)31-6-3)12-23(22-16(24)18(26)30-5-2)11-13-7-9-14(21)10-8-13/h7-10,15H,4-6,11-12H2,1-3H3,(H,22,24). The van der Waals surface area contributed by atoms with Crippen molar-refractivity contribution in [1.82, 2.24) is 10.4 Å². The lowest BCUT2D eigenvalue weighted by Crippen LogP contribution is -2.51. The molecule has 0 heterocycles. The third kappa shape index (κ3) is 9.43. The van der Waals surface area contributed by atoms with Gasteiger partial charge in [0.2, 0.25) is 6.10 Å². The lowest BCUT2D eigenvalue weighted by Gasteiger charge is -2.26. The summed E-state index contributed by atoms with van der Waals surface area (Å²) in [6.45, 7) is 4.08. The fraction of sp³-hybridized carbons (Fsp3) is 0.450. The minimum absolute atomic E-state index is 0.0123. The van der Waals surface area contributed by atoms with Crippen LogP contribution in [0, 0.1) is 0 Å². The Balaban J connectivity index is 3.08. The van der Waals surface area contributed by atoms with E-state index in [2.05, 4.69) is 30.8 Å². The highest BCUT2D eigenvalue weighted by atomic mass is 79.9. The Kier molecular flexibility index (Phi) is 12.0. The molecule has 0 aliphatic heterocycles. The minimum Gasteiger partial charge on any atom is -0.463 e. The summed E-state index contributed by atoms with van der Waals surface area (Å²) >= 11 is 3.31. The molecule has 0 saturated heterocycles. The smallest absolute Gasteiger partial charge is 0.418 e. The molecular weight excluding hydrogens is 492 g/mol. The normalized spacial score (nSPS) is 11.3. The summed E-state index contributed by atoms with van der Waals surface area (Å²) in [5.74, 6) is -5.86. The highest BCUT2D eigenvalue weighted by Gasteiger charge is 2.32. The molecule has 0 aliphatic carbocycles. The molecule has 1 aromatic carbocycles. The molecule has 0 aliphatic rings. The summed E-state index contributed by atoms with van der Waals surface area (Å²) in [7, 11) is 0. The molecule has 0 spiro atoms. The second-order valence-corrected chi connectivity index (χ2v) is 6.95. The number of benzene rings is 1. The van der Waals surface area contributed by atoms with Crippen molar-refractivity contribution in [2.45, 2.75) is 33.4 Å². The van der Waals surface area contributed by atoms with Gasteiger partial charge < -0.3 is 18.9 Å². The summed E-state index contributed by atoms with van der Waals surface area (Å²) in [4.78, 5) is 59.8. The van der Waals surface area contributed by atoms with Crippen molar-refractivity contribution < 1.29 is 42.9 Å². The third-order valence-corrected chi connectivity index (χ3v) is 4.16. The number of hydrogen-bond acceptors (Lipinski definition) is 10. The van der Waals surface area contributed by atoms with Gasteiger partial charge in [0.25, 0.3) is 0 Å². The van der Waals surface area contributed by atoms with Crippen molar-refractivity contribution >= 4 is 45.7 Å². The highest BCUT2D eigenvalue weighted by Crippen LogP contribution is 2.13. The average molecular weight is 517 g/mol. The molecule has 0 fully saturated rings. The fourth-order valence-corrected chi connectivity index (χ4v) is 2.57. The summed E-state index contributed by atoms with van der Waals surface area (Å²) in [6.07, 6.45) is -1.59. The van der Waals surface area contributed by atoms with E-state index in [1.54, 1.807) is 31.2 Å². The molecule has 0 saturated carbocycles. The lowest BCUT2D eigenvalue weighted by molar-refractivity contribution is -0.179. The molecule has 1 aromatic rings. The molecule has 12 heteroatoms. The number of ether oxygens (including phenoxy) is 4. The van der Waals surface area contributed by atoms with Crippen LogP contribution < -0.4 is 5.43 Å². The monoisotopic (exact) mass is 516 g/mol. The van der Waals surface area contributed by atoms with Crippen molar-refractivity contribution in [3.8, 4) is 0 Å². The van der Waals surface area contributed by atoms with Crippen LogP contribution in [0.4, 0.5) is 0 Å². The molecule has 0 aromatic heterocycles. The van der Waals surface area contributed by atoms with E-state index in [9.17, 15) is 24.0 Å². The Hall–Kier alpha value is -2.99. The molecular formula is C20H25BrN2O9. The molecule has 1 rings (SSSR count). The van der Waals surface area contributed by atoms with Crippen LogP contribution in [0.5, 0.6) is 0 Å². The van der Waals surface area contributed by atoms with Gasteiger partial charge in [-0.1, -0.05) is 28.1 Å². The maximum atomic E-state index is 12.3. The van der Waals surface area contributed by atoms with Crippen molar-refractivity contribution in [3.05, 3.63) is 34.3 Å². The van der Waals surface area contributed by atoms with Gasteiger partial charge in [0.15, 0.2) is 0 Å². The SMILES string of the molecule is CCOC(=O)C(=O)NN(Cc1ccc(Br)cc1)CC(OC(=O)C(=O)OCC)C(=O)OCC. The lowest BCUT2D eigenvalue weighted by atomic mass is 10.2. The first-order valence-corrected chi connectivity index (χ1v) is 10.5. The number of amides is 1. The van der Waals surface area contributed by atoms with E-state index >= 15 is 0 Å². The first-order chi connectivity index (χ1) is 15.2. The van der Waals surface area contributed by atoms with Crippen molar-refractivity contribution in [2.24, 2.45) is 0 Å². The molecule has 32 heavy (non-hydrogen) atoms. The topological polar surface area (TPSA) is 138 Å². The van der Waals surface area contributed by atoms with Crippen LogP contribution in [-0.2, 0) is 49.5 Å². The molecule has 0 radical (unpaired) electrons. The Morgan fingerprint density at radius 3 is 2.00 bits per heavy atom. The van der Waals surface area contributed by atoms with E-state index in [4.69, 9.17) is 9.47 Å². The zero-order chi connectivity index (χ0) is 24.1. The van der Waals surface area contributed by atoms with Crippen LogP contribution in [0.3, 0.4) is 0 Å². The van der Waals surface area contributed by atoms with Gasteiger partial charge in [-0.15, -0.1) is 0 Å². The molecule has 0 bridgehead atoms.